The van der Waals surface area contributed by atoms with Gasteiger partial charge in [0.05, 0.1) is 17.0 Å². The van der Waals surface area contributed by atoms with Crippen LogP contribution in [0.5, 0.6) is 0 Å². The third kappa shape index (κ3) is 3.57. The van der Waals surface area contributed by atoms with Crippen molar-refractivity contribution < 1.29 is 14.3 Å². The summed E-state index contributed by atoms with van der Waals surface area (Å²) in [6.45, 7) is 1.96. The van der Waals surface area contributed by atoms with Crippen molar-refractivity contribution in [3.8, 4) is 0 Å². The van der Waals surface area contributed by atoms with Gasteiger partial charge in [0, 0.05) is 18.4 Å². The third-order valence-corrected chi connectivity index (χ3v) is 5.57. The van der Waals surface area contributed by atoms with Crippen molar-refractivity contribution in [3.05, 3.63) is 21.5 Å². The molecule has 0 fully saturated rings. The molecule has 2 rings (SSSR count). The summed E-state index contributed by atoms with van der Waals surface area (Å²) in [6, 6.07) is 0. The van der Waals surface area contributed by atoms with Crippen molar-refractivity contribution in [2.75, 3.05) is 19.4 Å². The molecule has 0 saturated heterocycles. The zero-order valence-corrected chi connectivity index (χ0v) is 14.4. The van der Waals surface area contributed by atoms with Gasteiger partial charge in [0.25, 0.3) is 5.91 Å². The number of hydrogen-bond donors (Lipinski definition) is 2. The fourth-order valence-corrected chi connectivity index (χ4v) is 4.34. The number of carbonyl (C=O) groups excluding carboxylic acids is 2. The van der Waals surface area contributed by atoms with Crippen LogP contribution in [0.4, 0.5) is 5.00 Å². The first-order chi connectivity index (χ1) is 10.6. The second-order valence-corrected chi connectivity index (χ2v) is 7.05. The molecule has 0 aliphatic rings. The van der Waals surface area contributed by atoms with E-state index in [0.29, 0.717) is 16.2 Å². The standard InChI is InChI=1S/C12H14N4O3S3/c1-3-19-11(18)7-6(4-20-12-16-15-5-21-12)8(10(17)14-2)22-9(7)13/h5H,3-4,13H2,1-2H3,(H,14,17). The molecule has 1 amide bonds. The number of hydrogen-bond acceptors (Lipinski definition) is 9. The van der Waals surface area contributed by atoms with Crippen molar-refractivity contribution in [2.45, 2.75) is 17.0 Å². The highest BCUT2D eigenvalue weighted by Crippen LogP contribution is 2.36. The maximum atomic E-state index is 12.1. The maximum Gasteiger partial charge on any atom is 0.341 e. The van der Waals surface area contributed by atoms with Crippen molar-refractivity contribution >= 4 is 51.3 Å². The van der Waals surface area contributed by atoms with Crippen LogP contribution in [0.15, 0.2) is 9.85 Å². The average Bonchev–Trinajstić information content (AvgIpc) is 3.11. The Balaban J connectivity index is 2.36. The lowest BCUT2D eigenvalue weighted by molar-refractivity contribution is 0.0527. The summed E-state index contributed by atoms with van der Waals surface area (Å²) in [5, 5.41) is 10.5. The SMILES string of the molecule is CCOC(=O)c1c(N)sc(C(=O)NC)c1CSc1nncs1. The van der Waals surface area contributed by atoms with Gasteiger partial charge < -0.3 is 15.8 Å². The summed E-state index contributed by atoms with van der Waals surface area (Å²) in [5.41, 5.74) is 8.38. The molecule has 2 aromatic rings. The van der Waals surface area contributed by atoms with Gasteiger partial charge in [-0.15, -0.1) is 21.5 Å². The molecule has 0 aliphatic heterocycles. The molecule has 0 unspecified atom stereocenters. The second-order valence-electron chi connectivity index (χ2n) is 3.94. The fraction of sp³-hybridized carbons (Fsp3) is 0.333. The number of thioether (sulfide) groups is 1. The number of carbonyl (C=O) groups is 2. The number of esters is 1. The van der Waals surface area contributed by atoms with Gasteiger partial charge in [-0.1, -0.05) is 23.1 Å². The average molecular weight is 358 g/mol. The maximum absolute atomic E-state index is 12.1. The molecule has 0 bridgehead atoms. The summed E-state index contributed by atoms with van der Waals surface area (Å²) in [7, 11) is 1.53. The minimum atomic E-state index is -0.515. The molecule has 2 aromatic heterocycles. The molecular formula is C12H14N4O3S3. The molecular weight excluding hydrogens is 344 g/mol. The Labute approximate surface area is 139 Å². The minimum Gasteiger partial charge on any atom is -0.462 e. The largest absolute Gasteiger partial charge is 0.462 e. The van der Waals surface area contributed by atoms with Crippen LogP contribution in [0.1, 0.15) is 32.5 Å². The summed E-state index contributed by atoms with van der Waals surface area (Å²) in [5.74, 6) is -0.404. The van der Waals surface area contributed by atoms with Crippen LogP contribution in [-0.2, 0) is 10.5 Å². The van der Waals surface area contributed by atoms with Gasteiger partial charge in [-0.3, -0.25) is 4.79 Å². The van der Waals surface area contributed by atoms with E-state index < -0.39 is 5.97 Å². The molecule has 0 saturated carbocycles. The summed E-state index contributed by atoms with van der Waals surface area (Å²) < 4.78 is 5.79. The molecule has 22 heavy (non-hydrogen) atoms. The zero-order valence-electron chi connectivity index (χ0n) is 11.9. The monoisotopic (exact) mass is 358 g/mol. The normalized spacial score (nSPS) is 10.5. The quantitative estimate of drug-likeness (QED) is 0.601. The first kappa shape index (κ1) is 16.7. The van der Waals surface area contributed by atoms with Gasteiger partial charge in [-0.05, 0) is 6.92 Å². The number of anilines is 1. The minimum absolute atomic E-state index is 0.242. The smallest absolute Gasteiger partial charge is 0.341 e. The number of nitrogens with zero attached hydrogens (tertiary/aromatic N) is 2. The van der Waals surface area contributed by atoms with E-state index in [1.54, 1.807) is 12.4 Å². The number of nitrogens with two attached hydrogens (primary N) is 1. The first-order valence-electron chi connectivity index (χ1n) is 6.27. The second kappa shape index (κ2) is 7.56. The number of aromatic nitrogens is 2. The van der Waals surface area contributed by atoms with Crippen LogP contribution < -0.4 is 11.1 Å². The summed E-state index contributed by atoms with van der Waals surface area (Å²) in [4.78, 5) is 24.5. The van der Waals surface area contributed by atoms with Crippen molar-refractivity contribution in [2.24, 2.45) is 0 Å². The molecule has 3 N–H and O–H groups in total. The van der Waals surface area contributed by atoms with E-state index in [0.717, 1.165) is 15.7 Å². The molecule has 7 nitrogen and oxygen atoms in total. The molecule has 0 atom stereocenters. The van der Waals surface area contributed by atoms with Crippen LogP contribution in [0.3, 0.4) is 0 Å². The summed E-state index contributed by atoms with van der Waals surface area (Å²) in [6.07, 6.45) is 0. The van der Waals surface area contributed by atoms with E-state index in [1.807, 2.05) is 0 Å². The van der Waals surface area contributed by atoms with Crippen LogP contribution in [0, 0.1) is 0 Å². The number of amides is 1. The molecule has 0 aliphatic carbocycles. The lowest BCUT2D eigenvalue weighted by Gasteiger charge is -2.06. The molecule has 0 aromatic carbocycles. The highest BCUT2D eigenvalue weighted by molar-refractivity contribution is 8.00. The Morgan fingerprint density at radius 3 is 2.86 bits per heavy atom. The van der Waals surface area contributed by atoms with Gasteiger partial charge in [0.1, 0.15) is 10.5 Å². The van der Waals surface area contributed by atoms with Crippen molar-refractivity contribution in [1.82, 2.24) is 15.5 Å². The van der Waals surface area contributed by atoms with E-state index in [2.05, 4.69) is 15.5 Å². The number of nitrogen functional groups attached to an aromatic ring is 1. The fourth-order valence-electron chi connectivity index (χ4n) is 1.71. The molecule has 0 radical (unpaired) electrons. The van der Waals surface area contributed by atoms with E-state index in [4.69, 9.17) is 10.5 Å². The van der Waals surface area contributed by atoms with Crippen molar-refractivity contribution in [3.63, 3.8) is 0 Å². The number of thiophene rings is 1. The lowest BCUT2D eigenvalue weighted by atomic mass is 10.1. The first-order valence-corrected chi connectivity index (χ1v) is 8.95. The predicted octanol–water partition coefficient (Wildman–Crippen LogP) is 2.01. The lowest BCUT2D eigenvalue weighted by Crippen LogP contribution is -2.18. The number of rotatable bonds is 6. The van der Waals surface area contributed by atoms with Gasteiger partial charge >= 0.3 is 5.97 Å². The van der Waals surface area contributed by atoms with Gasteiger partial charge in [-0.2, -0.15) is 0 Å². The molecule has 0 spiro atoms. The highest BCUT2D eigenvalue weighted by atomic mass is 32.2. The Morgan fingerprint density at radius 1 is 1.50 bits per heavy atom. The van der Waals surface area contributed by atoms with Crippen molar-refractivity contribution in [1.29, 1.82) is 0 Å². The number of ether oxygens (including phenoxy) is 1. The topological polar surface area (TPSA) is 107 Å². The third-order valence-electron chi connectivity index (χ3n) is 2.63. The van der Waals surface area contributed by atoms with Crippen LogP contribution in [0.2, 0.25) is 0 Å². The van der Waals surface area contributed by atoms with E-state index in [-0.39, 0.29) is 23.1 Å². The molecule has 118 valence electrons. The zero-order chi connectivity index (χ0) is 16.1. The number of nitrogens with one attached hydrogen (secondary N) is 1. The Bertz CT molecular complexity index is 669. The van der Waals surface area contributed by atoms with Crippen LogP contribution in [0.25, 0.3) is 0 Å². The Hall–Kier alpha value is -1.65. The Morgan fingerprint density at radius 2 is 2.27 bits per heavy atom. The summed E-state index contributed by atoms with van der Waals surface area (Å²) >= 11 is 3.87. The van der Waals surface area contributed by atoms with Crippen LogP contribution in [-0.4, -0.2) is 35.7 Å². The Kier molecular flexibility index (Phi) is 5.75. The molecule has 2 heterocycles. The van der Waals surface area contributed by atoms with Gasteiger partial charge in [0.2, 0.25) is 0 Å². The van der Waals surface area contributed by atoms with Gasteiger partial charge in [-0.25, -0.2) is 4.79 Å². The van der Waals surface area contributed by atoms with E-state index in [1.165, 1.54) is 30.1 Å². The molecule has 10 heteroatoms. The van der Waals surface area contributed by atoms with Gasteiger partial charge in [0.15, 0.2) is 4.34 Å². The highest BCUT2D eigenvalue weighted by Gasteiger charge is 2.26. The predicted molar refractivity (Wildman–Crippen MR) is 87.5 cm³/mol. The van der Waals surface area contributed by atoms with E-state index in [9.17, 15) is 9.59 Å². The van der Waals surface area contributed by atoms with Crippen LogP contribution >= 0.6 is 34.4 Å². The van der Waals surface area contributed by atoms with E-state index >= 15 is 0 Å².